The number of anilines is 2. The van der Waals surface area contributed by atoms with Crippen molar-refractivity contribution in [3.05, 3.63) is 192 Å². The lowest BCUT2D eigenvalue weighted by atomic mass is 9.66. The van der Waals surface area contributed by atoms with Crippen molar-refractivity contribution in [3.8, 4) is 22.6 Å². The van der Waals surface area contributed by atoms with Gasteiger partial charge in [-0.05, 0) is 70.3 Å². The van der Waals surface area contributed by atoms with E-state index in [4.69, 9.17) is 4.74 Å². The highest BCUT2D eigenvalue weighted by atomic mass is 32.1. The fraction of sp³-hybridized carbons (Fsp3) is 0.0455. The monoisotopic (exact) mass is 619 g/mol. The van der Waals surface area contributed by atoms with Crippen LogP contribution in [0.25, 0.3) is 31.3 Å². The number of ether oxygens (including phenoxy) is 1. The maximum Gasteiger partial charge on any atom is 0.133 e. The van der Waals surface area contributed by atoms with E-state index in [1.54, 1.807) is 0 Å². The van der Waals surface area contributed by atoms with Crippen LogP contribution in [0.15, 0.2) is 164 Å². The van der Waals surface area contributed by atoms with Crippen molar-refractivity contribution in [2.24, 2.45) is 0 Å². The molecule has 1 aliphatic carbocycles. The normalized spacial score (nSPS) is 13.5. The summed E-state index contributed by atoms with van der Waals surface area (Å²) in [5, 5.41) is 2.57. The molecule has 0 saturated carbocycles. The van der Waals surface area contributed by atoms with Gasteiger partial charge in [-0.15, -0.1) is 11.3 Å². The molecule has 0 unspecified atom stereocenters. The highest BCUT2D eigenvalue weighted by Crippen LogP contribution is 2.62. The van der Waals surface area contributed by atoms with E-state index >= 15 is 0 Å². The summed E-state index contributed by atoms with van der Waals surface area (Å²) in [5.74, 6) is 1.86. The molecule has 2 nitrogen and oxygen atoms in total. The smallest absolute Gasteiger partial charge is 0.133 e. The molecule has 2 heterocycles. The van der Waals surface area contributed by atoms with E-state index < -0.39 is 5.41 Å². The number of fused-ring (bicyclic) bond motifs is 12. The van der Waals surface area contributed by atoms with E-state index in [0.29, 0.717) is 0 Å². The van der Waals surface area contributed by atoms with Crippen LogP contribution in [0.1, 0.15) is 27.8 Å². The molecule has 10 rings (SSSR count). The minimum absolute atomic E-state index is 0.463. The quantitative estimate of drug-likeness (QED) is 0.194. The molecular weight excluding hydrogens is 591 g/mol. The van der Waals surface area contributed by atoms with Gasteiger partial charge in [-0.3, -0.25) is 0 Å². The van der Waals surface area contributed by atoms with Gasteiger partial charge in [-0.25, -0.2) is 0 Å². The lowest BCUT2D eigenvalue weighted by Crippen LogP contribution is -2.32. The Kier molecular flexibility index (Phi) is 5.76. The Hall–Kier alpha value is -5.64. The van der Waals surface area contributed by atoms with Crippen molar-refractivity contribution in [2.75, 3.05) is 4.90 Å². The molecule has 222 valence electrons. The molecular formula is C44H29NOS. The number of nitrogens with zero attached hydrogens (tertiary/aromatic N) is 1. The van der Waals surface area contributed by atoms with Gasteiger partial charge in [0.05, 0.1) is 5.41 Å². The average Bonchev–Trinajstić information content (AvgIpc) is 3.65. The molecule has 3 heteroatoms. The van der Waals surface area contributed by atoms with Crippen LogP contribution in [0.2, 0.25) is 0 Å². The highest BCUT2D eigenvalue weighted by molar-refractivity contribution is 7.26. The van der Waals surface area contributed by atoms with Crippen LogP contribution in [0.4, 0.5) is 11.4 Å². The number of hydrogen-bond acceptors (Lipinski definition) is 3. The van der Waals surface area contributed by atoms with Gasteiger partial charge in [0.25, 0.3) is 0 Å². The number of para-hydroxylation sites is 3. The predicted molar refractivity (Wildman–Crippen MR) is 195 cm³/mol. The summed E-state index contributed by atoms with van der Waals surface area (Å²) < 4.78 is 9.37. The molecule has 8 aromatic rings. The molecule has 0 amide bonds. The van der Waals surface area contributed by atoms with Gasteiger partial charge >= 0.3 is 0 Å². The van der Waals surface area contributed by atoms with Crippen LogP contribution < -0.4 is 9.64 Å². The topological polar surface area (TPSA) is 12.5 Å². The molecule has 2 aliphatic rings. The van der Waals surface area contributed by atoms with Crippen molar-refractivity contribution in [3.63, 3.8) is 0 Å². The van der Waals surface area contributed by atoms with E-state index in [9.17, 15) is 0 Å². The van der Waals surface area contributed by atoms with Crippen molar-refractivity contribution in [1.29, 1.82) is 0 Å². The number of rotatable bonds is 4. The Morgan fingerprint density at radius 2 is 1.09 bits per heavy atom. The minimum atomic E-state index is -0.463. The van der Waals surface area contributed by atoms with Crippen molar-refractivity contribution >= 4 is 42.9 Å². The Bertz CT molecular complexity index is 2390. The Morgan fingerprint density at radius 1 is 0.489 bits per heavy atom. The predicted octanol–water partition coefficient (Wildman–Crippen LogP) is 11.9. The van der Waals surface area contributed by atoms with E-state index in [1.807, 2.05) is 11.3 Å². The Balaban J connectivity index is 1.21. The van der Waals surface area contributed by atoms with E-state index in [2.05, 4.69) is 169 Å². The standard InChI is InChI=1S/C44H29NOS/c1-3-15-30(16-4-1)45(31-17-5-2-6-18-31)28-29-14-13-21-34-35-26-39-41(27-42(35)47-43(29)34)46-40-25-12-11-24-38(40)44(39)36-22-9-7-19-32(36)33-20-8-10-23-37(33)44/h1-27H,28H2. The summed E-state index contributed by atoms with van der Waals surface area (Å²) >= 11 is 1.87. The van der Waals surface area contributed by atoms with Gasteiger partial charge in [0.2, 0.25) is 0 Å². The van der Waals surface area contributed by atoms with Crippen molar-refractivity contribution < 1.29 is 4.74 Å². The van der Waals surface area contributed by atoms with E-state index in [-0.39, 0.29) is 0 Å². The number of thiophene rings is 1. The summed E-state index contributed by atoms with van der Waals surface area (Å²) in [6, 6.07) is 59.4. The van der Waals surface area contributed by atoms with Crippen LogP contribution in [-0.4, -0.2) is 0 Å². The number of benzene rings is 7. The molecule has 0 saturated heterocycles. The van der Waals surface area contributed by atoms with Crippen molar-refractivity contribution in [2.45, 2.75) is 12.0 Å². The van der Waals surface area contributed by atoms with Crippen LogP contribution in [-0.2, 0) is 12.0 Å². The second-order valence-corrected chi connectivity index (χ2v) is 13.5. The largest absolute Gasteiger partial charge is 0.457 e. The first-order chi connectivity index (χ1) is 23.3. The minimum Gasteiger partial charge on any atom is -0.457 e. The summed E-state index contributed by atoms with van der Waals surface area (Å²) in [6.07, 6.45) is 0. The van der Waals surface area contributed by atoms with Crippen molar-refractivity contribution in [1.82, 2.24) is 0 Å². The molecule has 1 spiro atoms. The highest BCUT2D eigenvalue weighted by Gasteiger charge is 2.51. The fourth-order valence-electron chi connectivity index (χ4n) is 8.05. The third kappa shape index (κ3) is 3.78. The van der Waals surface area contributed by atoms with Gasteiger partial charge in [0.1, 0.15) is 11.5 Å². The molecule has 0 N–H and O–H groups in total. The van der Waals surface area contributed by atoms with Crippen LogP contribution in [0, 0.1) is 0 Å². The molecule has 47 heavy (non-hydrogen) atoms. The molecule has 0 radical (unpaired) electrons. The maximum absolute atomic E-state index is 6.81. The molecule has 0 bridgehead atoms. The average molecular weight is 620 g/mol. The zero-order chi connectivity index (χ0) is 31.0. The van der Waals surface area contributed by atoms with Crippen LogP contribution >= 0.6 is 11.3 Å². The second-order valence-electron chi connectivity index (χ2n) is 12.4. The summed E-state index contributed by atoms with van der Waals surface area (Å²) in [7, 11) is 0. The molecule has 1 aromatic heterocycles. The third-order valence-corrected chi connectivity index (χ3v) is 11.3. The van der Waals surface area contributed by atoms with Crippen LogP contribution in [0.3, 0.4) is 0 Å². The first-order valence-electron chi connectivity index (χ1n) is 16.1. The first kappa shape index (κ1) is 26.6. The Morgan fingerprint density at radius 3 is 1.77 bits per heavy atom. The maximum atomic E-state index is 6.81. The second kappa shape index (κ2) is 10.2. The summed E-state index contributed by atoms with van der Waals surface area (Å²) in [4.78, 5) is 2.41. The molecule has 7 aromatic carbocycles. The fourth-order valence-corrected chi connectivity index (χ4v) is 9.26. The summed E-state index contributed by atoms with van der Waals surface area (Å²) in [5.41, 5.74) is 10.8. The number of hydrogen-bond donors (Lipinski definition) is 0. The lowest BCUT2D eigenvalue weighted by Gasteiger charge is -2.39. The first-order valence-corrected chi connectivity index (χ1v) is 17.0. The summed E-state index contributed by atoms with van der Waals surface area (Å²) in [6.45, 7) is 0.768. The third-order valence-electron chi connectivity index (χ3n) is 10.0. The zero-order valence-electron chi connectivity index (χ0n) is 25.6. The van der Waals surface area contributed by atoms with Gasteiger partial charge in [-0.2, -0.15) is 0 Å². The van der Waals surface area contributed by atoms with Gasteiger partial charge in [0.15, 0.2) is 0 Å². The Labute approximate surface area is 277 Å². The van der Waals surface area contributed by atoms with Gasteiger partial charge in [0, 0.05) is 49.2 Å². The zero-order valence-corrected chi connectivity index (χ0v) is 26.4. The van der Waals surface area contributed by atoms with Gasteiger partial charge < -0.3 is 9.64 Å². The lowest BCUT2D eigenvalue weighted by molar-refractivity contribution is 0.437. The molecule has 0 fully saturated rings. The van der Waals surface area contributed by atoms with E-state index in [0.717, 1.165) is 18.0 Å². The SMILES string of the molecule is c1ccc(N(Cc2cccc3c2sc2cc4c(cc23)C2(c3ccccc3O4)c3ccccc3-c3ccccc32)c2ccccc2)cc1. The van der Waals surface area contributed by atoms with E-state index in [1.165, 1.54) is 70.5 Å². The van der Waals surface area contributed by atoms with Gasteiger partial charge in [-0.1, -0.05) is 121 Å². The molecule has 0 atom stereocenters. The van der Waals surface area contributed by atoms with Crippen LogP contribution in [0.5, 0.6) is 11.5 Å². The molecule has 1 aliphatic heterocycles.